The molecule has 0 fully saturated rings. The van der Waals surface area contributed by atoms with Gasteiger partial charge in [-0.05, 0) is 41.5 Å². The average molecular weight is 345 g/mol. The van der Waals surface area contributed by atoms with Crippen LogP contribution in [0.4, 0.5) is 0 Å². The monoisotopic (exact) mass is 345 g/mol. The van der Waals surface area contributed by atoms with Gasteiger partial charge in [0.15, 0.2) is 0 Å². The first-order chi connectivity index (χ1) is 12.8. The summed E-state index contributed by atoms with van der Waals surface area (Å²) in [5.41, 5.74) is 2.43. The summed E-state index contributed by atoms with van der Waals surface area (Å²) in [5, 5.41) is 5.51. The lowest BCUT2D eigenvalue weighted by atomic mass is 10.2. The number of nitrogens with one attached hydrogen (secondary N) is 1. The van der Waals surface area contributed by atoms with E-state index in [1.54, 1.807) is 0 Å². The number of fused-ring (bicyclic) bond motifs is 2. The first kappa shape index (κ1) is 16.5. The standard InChI is InChI=1S/C22H23N3O/c26-22(12-17-25-16-11-19-7-2-4-9-21(19)25)23-13-5-14-24-15-10-18-6-1-3-8-20(18)24/h1-4,6-11,15-16H,5,12-14,17H2,(H,23,26). The maximum atomic E-state index is 12.1. The van der Waals surface area contributed by atoms with Crippen molar-refractivity contribution in [3.63, 3.8) is 0 Å². The molecule has 0 saturated heterocycles. The van der Waals surface area contributed by atoms with Gasteiger partial charge in [0.1, 0.15) is 0 Å². The first-order valence-electron chi connectivity index (χ1n) is 9.16. The third-order valence-corrected chi connectivity index (χ3v) is 4.84. The largest absolute Gasteiger partial charge is 0.356 e. The van der Waals surface area contributed by atoms with Crippen LogP contribution in [0.2, 0.25) is 0 Å². The number of benzene rings is 2. The van der Waals surface area contributed by atoms with Gasteiger partial charge < -0.3 is 14.5 Å². The minimum absolute atomic E-state index is 0.111. The van der Waals surface area contributed by atoms with Gasteiger partial charge in [-0.2, -0.15) is 0 Å². The zero-order valence-corrected chi connectivity index (χ0v) is 14.8. The molecule has 1 amide bonds. The molecule has 4 rings (SSSR count). The van der Waals surface area contributed by atoms with E-state index in [1.807, 2.05) is 12.1 Å². The molecule has 0 unspecified atom stereocenters. The van der Waals surface area contributed by atoms with Crippen LogP contribution in [0.25, 0.3) is 21.8 Å². The molecule has 26 heavy (non-hydrogen) atoms. The molecule has 2 heterocycles. The summed E-state index contributed by atoms with van der Waals surface area (Å²) in [4.78, 5) is 12.1. The normalized spacial score (nSPS) is 11.2. The van der Waals surface area contributed by atoms with E-state index in [9.17, 15) is 4.79 Å². The fraction of sp³-hybridized carbons (Fsp3) is 0.227. The molecule has 0 aliphatic carbocycles. The highest BCUT2D eigenvalue weighted by atomic mass is 16.1. The van der Waals surface area contributed by atoms with Crippen LogP contribution in [0.1, 0.15) is 12.8 Å². The number of amides is 1. The predicted octanol–water partition coefficient (Wildman–Crippen LogP) is 4.19. The van der Waals surface area contributed by atoms with Crippen LogP contribution >= 0.6 is 0 Å². The topological polar surface area (TPSA) is 39.0 Å². The van der Waals surface area contributed by atoms with Crippen molar-refractivity contribution in [2.75, 3.05) is 6.54 Å². The second-order valence-corrected chi connectivity index (χ2v) is 6.59. The Hall–Kier alpha value is -3.01. The number of carbonyl (C=O) groups excluding carboxylic acids is 1. The van der Waals surface area contributed by atoms with E-state index >= 15 is 0 Å². The van der Waals surface area contributed by atoms with Crippen molar-refractivity contribution >= 4 is 27.7 Å². The van der Waals surface area contributed by atoms with E-state index < -0.39 is 0 Å². The Kier molecular flexibility index (Phi) is 4.73. The Labute approximate surface area is 153 Å². The Balaban J connectivity index is 1.23. The van der Waals surface area contributed by atoms with Crippen molar-refractivity contribution in [1.29, 1.82) is 0 Å². The fourth-order valence-corrected chi connectivity index (χ4v) is 3.46. The van der Waals surface area contributed by atoms with Crippen molar-refractivity contribution in [2.45, 2.75) is 25.9 Å². The number of hydrogen-bond donors (Lipinski definition) is 1. The van der Waals surface area contributed by atoms with Crippen molar-refractivity contribution in [3.05, 3.63) is 73.1 Å². The summed E-state index contributed by atoms with van der Waals surface area (Å²) >= 11 is 0. The summed E-state index contributed by atoms with van der Waals surface area (Å²) in [6.45, 7) is 2.33. The fourth-order valence-electron chi connectivity index (χ4n) is 3.46. The molecule has 0 atom stereocenters. The molecule has 1 N–H and O–H groups in total. The minimum Gasteiger partial charge on any atom is -0.356 e. The molecular weight excluding hydrogens is 322 g/mol. The molecule has 2 aromatic heterocycles. The SMILES string of the molecule is O=C(CCn1ccc2ccccc21)NCCCn1ccc2ccccc21. The quantitative estimate of drug-likeness (QED) is 0.501. The molecule has 4 aromatic rings. The van der Waals surface area contributed by atoms with Gasteiger partial charge in [-0.3, -0.25) is 4.79 Å². The van der Waals surface area contributed by atoms with Crippen LogP contribution in [0, 0.1) is 0 Å². The predicted molar refractivity (Wildman–Crippen MR) is 106 cm³/mol. The molecule has 0 aliphatic heterocycles. The highest BCUT2D eigenvalue weighted by Gasteiger charge is 2.05. The van der Waals surface area contributed by atoms with Crippen molar-refractivity contribution in [2.24, 2.45) is 0 Å². The second-order valence-electron chi connectivity index (χ2n) is 6.59. The molecule has 0 spiro atoms. The molecule has 0 radical (unpaired) electrons. The summed E-state index contributed by atoms with van der Waals surface area (Å²) in [5.74, 6) is 0.111. The Morgan fingerprint density at radius 1 is 0.769 bits per heavy atom. The Bertz CT molecular complexity index is 1030. The number of para-hydroxylation sites is 2. The van der Waals surface area contributed by atoms with E-state index in [2.05, 4.69) is 75.4 Å². The first-order valence-corrected chi connectivity index (χ1v) is 9.16. The number of hydrogen-bond acceptors (Lipinski definition) is 1. The molecule has 4 nitrogen and oxygen atoms in total. The van der Waals surface area contributed by atoms with Gasteiger partial charge in [-0.25, -0.2) is 0 Å². The Morgan fingerprint density at radius 2 is 1.35 bits per heavy atom. The van der Waals surface area contributed by atoms with E-state index in [4.69, 9.17) is 0 Å². The average Bonchev–Trinajstić information content (AvgIpc) is 3.28. The van der Waals surface area contributed by atoms with E-state index in [-0.39, 0.29) is 5.91 Å². The number of rotatable bonds is 7. The Morgan fingerprint density at radius 3 is 2.00 bits per heavy atom. The van der Waals surface area contributed by atoms with E-state index in [1.165, 1.54) is 21.8 Å². The van der Waals surface area contributed by atoms with Crippen molar-refractivity contribution in [3.8, 4) is 0 Å². The number of aryl methyl sites for hydroxylation is 2. The van der Waals surface area contributed by atoms with Crippen LogP contribution in [-0.4, -0.2) is 21.6 Å². The molecule has 2 aromatic carbocycles. The molecule has 0 aliphatic rings. The smallest absolute Gasteiger partial charge is 0.221 e. The molecule has 0 bridgehead atoms. The zero-order valence-electron chi connectivity index (χ0n) is 14.8. The minimum atomic E-state index is 0.111. The van der Waals surface area contributed by atoms with Gasteiger partial charge in [0.25, 0.3) is 0 Å². The van der Waals surface area contributed by atoms with Crippen LogP contribution in [0.5, 0.6) is 0 Å². The lowest BCUT2D eigenvalue weighted by Crippen LogP contribution is -2.26. The maximum absolute atomic E-state index is 12.1. The van der Waals surface area contributed by atoms with Crippen molar-refractivity contribution in [1.82, 2.24) is 14.5 Å². The van der Waals surface area contributed by atoms with Gasteiger partial charge in [0.05, 0.1) is 0 Å². The van der Waals surface area contributed by atoms with Crippen LogP contribution in [0.15, 0.2) is 73.1 Å². The lowest BCUT2D eigenvalue weighted by molar-refractivity contribution is -0.121. The summed E-state index contributed by atoms with van der Waals surface area (Å²) in [6, 6.07) is 20.9. The molecule has 132 valence electrons. The van der Waals surface area contributed by atoms with Crippen LogP contribution in [0.3, 0.4) is 0 Å². The van der Waals surface area contributed by atoms with E-state index in [0.29, 0.717) is 19.5 Å². The highest BCUT2D eigenvalue weighted by Crippen LogP contribution is 2.16. The second kappa shape index (κ2) is 7.48. The van der Waals surface area contributed by atoms with E-state index in [0.717, 1.165) is 13.0 Å². The summed E-state index contributed by atoms with van der Waals surface area (Å²) < 4.78 is 4.38. The highest BCUT2D eigenvalue weighted by molar-refractivity contribution is 5.81. The van der Waals surface area contributed by atoms with Gasteiger partial charge in [-0.15, -0.1) is 0 Å². The third kappa shape index (κ3) is 3.49. The van der Waals surface area contributed by atoms with Crippen molar-refractivity contribution < 1.29 is 4.79 Å². The lowest BCUT2D eigenvalue weighted by Gasteiger charge is -2.08. The van der Waals surface area contributed by atoms with Crippen LogP contribution < -0.4 is 5.32 Å². The number of nitrogens with zero attached hydrogens (tertiary/aromatic N) is 2. The molecule has 0 saturated carbocycles. The number of carbonyl (C=O) groups is 1. The van der Waals surface area contributed by atoms with Gasteiger partial charge in [-0.1, -0.05) is 36.4 Å². The van der Waals surface area contributed by atoms with Crippen LogP contribution in [-0.2, 0) is 17.9 Å². The molecular formula is C22H23N3O. The molecule has 4 heteroatoms. The number of aromatic nitrogens is 2. The zero-order chi connectivity index (χ0) is 17.8. The van der Waals surface area contributed by atoms with Gasteiger partial charge in [0, 0.05) is 49.5 Å². The van der Waals surface area contributed by atoms with Gasteiger partial charge >= 0.3 is 0 Å². The van der Waals surface area contributed by atoms with Gasteiger partial charge in [0.2, 0.25) is 5.91 Å². The maximum Gasteiger partial charge on any atom is 0.221 e. The third-order valence-electron chi connectivity index (χ3n) is 4.84. The summed E-state index contributed by atoms with van der Waals surface area (Å²) in [6.07, 6.45) is 5.60. The summed E-state index contributed by atoms with van der Waals surface area (Å²) in [7, 11) is 0.